The number of nitrogens with zero attached hydrogens (tertiary/aromatic N) is 5. The maximum absolute atomic E-state index is 6.08. The van der Waals surface area contributed by atoms with Gasteiger partial charge in [-0.25, -0.2) is 9.97 Å². The van der Waals surface area contributed by atoms with Crippen LogP contribution in [-0.2, 0) is 7.05 Å². The molecule has 0 bridgehead atoms. The van der Waals surface area contributed by atoms with Gasteiger partial charge in [0.15, 0.2) is 0 Å². The lowest BCUT2D eigenvalue weighted by Crippen LogP contribution is -1.88. The van der Waals surface area contributed by atoms with E-state index in [0.29, 0.717) is 10.3 Å². The standard InChI is InChI=1S/C13H10ClN3.C12H8ClN3/c1-17-12-5-4-9(7-10(12)8-16-17)11-3-2-6-15-13(11)14;13-12-10(2-1-5-14-12)8-3-4-11-9(6-8)7-15-16-11/h2-8H,1H3;1-7H,(H,15,16). The first-order valence-electron chi connectivity index (χ1n) is 10.2. The molecule has 6 nitrogen and oxygen atoms in total. The normalized spacial score (nSPS) is 10.9. The van der Waals surface area contributed by atoms with Crippen LogP contribution >= 0.6 is 23.2 Å². The van der Waals surface area contributed by atoms with Gasteiger partial charge in [0.2, 0.25) is 0 Å². The summed E-state index contributed by atoms with van der Waals surface area (Å²) in [6, 6.07) is 19.9. The highest BCUT2D eigenvalue weighted by Crippen LogP contribution is 2.29. The number of H-pyrrole nitrogens is 1. The van der Waals surface area contributed by atoms with E-state index in [9.17, 15) is 0 Å². The molecule has 6 rings (SSSR count). The number of nitrogens with one attached hydrogen (secondary N) is 1. The second kappa shape index (κ2) is 9.02. The van der Waals surface area contributed by atoms with Gasteiger partial charge in [0, 0.05) is 41.3 Å². The molecular formula is C25H18Cl2N6. The average Bonchev–Trinajstić information content (AvgIpc) is 3.46. The zero-order chi connectivity index (χ0) is 22.8. The van der Waals surface area contributed by atoms with Gasteiger partial charge in [0.1, 0.15) is 10.3 Å². The SMILES string of the molecule is Clc1ncccc1-c1ccc2[nH]ncc2c1.Cn1ncc2cc(-c3cccnc3Cl)ccc21. The summed E-state index contributed by atoms with van der Waals surface area (Å²) < 4.78 is 1.85. The summed E-state index contributed by atoms with van der Waals surface area (Å²) in [5.74, 6) is 0. The predicted molar refractivity (Wildman–Crippen MR) is 133 cm³/mol. The Hall–Kier alpha value is -3.74. The van der Waals surface area contributed by atoms with E-state index in [1.807, 2.05) is 72.5 Å². The van der Waals surface area contributed by atoms with Crippen molar-refractivity contribution in [2.75, 3.05) is 0 Å². The minimum Gasteiger partial charge on any atom is -0.278 e. The van der Waals surface area contributed by atoms with Crippen molar-refractivity contribution in [3.05, 3.63) is 95.8 Å². The Bertz CT molecular complexity index is 1570. The van der Waals surface area contributed by atoms with Gasteiger partial charge in [0.25, 0.3) is 0 Å². The first-order chi connectivity index (χ1) is 16.1. The van der Waals surface area contributed by atoms with Crippen LogP contribution in [0, 0.1) is 0 Å². The minimum absolute atomic E-state index is 0.519. The Morgan fingerprint density at radius 3 is 2.06 bits per heavy atom. The van der Waals surface area contributed by atoms with Crippen LogP contribution in [-0.4, -0.2) is 29.9 Å². The molecule has 0 atom stereocenters. The molecule has 4 aromatic heterocycles. The van der Waals surface area contributed by atoms with Gasteiger partial charge in [-0.3, -0.25) is 9.78 Å². The van der Waals surface area contributed by atoms with Crippen molar-refractivity contribution in [2.45, 2.75) is 0 Å². The third kappa shape index (κ3) is 4.31. The number of hydrogen-bond acceptors (Lipinski definition) is 4. The summed E-state index contributed by atoms with van der Waals surface area (Å²) in [5, 5.41) is 14.3. The maximum atomic E-state index is 6.08. The Balaban J connectivity index is 0.000000139. The monoisotopic (exact) mass is 472 g/mol. The number of halogens is 2. The lowest BCUT2D eigenvalue weighted by molar-refractivity contribution is 0.797. The molecule has 0 aliphatic heterocycles. The van der Waals surface area contributed by atoms with Crippen molar-refractivity contribution in [2.24, 2.45) is 7.05 Å². The van der Waals surface area contributed by atoms with E-state index in [1.165, 1.54) is 0 Å². The summed E-state index contributed by atoms with van der Waals surface area (Å²) in [4.78, 5) is 8.15. The van der Waals surface area contributed by atoms with Gasteiger partial charge >= 0.3 is 0 Å². The molecule has 8 heteroatoms. The fourth-order valence-corrected chi connectivity index (χ4v) is 4.10. The number of rotatable bonds is 2. The molecule has 0 fully saturated rings. The minimum atomic E-state index is 0.519. The predicted octanol–water partition coefficient (Wildman–Crippen LogP) is 6.57. The van der Waals surface area contributed by atoms with Crippen LogP contribution in [0.15, 0.2) is 85.5 Å². The third-order valence-electron chi connectivity index (χ3n) is 5.33. The molecule has 6 aromatic rings. The van der Waals surface area contributed by atoms with Gasteiger partial charge in [0.05, 0.1) is 23.4 Å². The number of aromatic amines is 1. The lowest BCUT2D eigenvalue weighted by Gasteiger charge is -2.03. The fourth-order valence-electron chi connectivity index (χ4n) is 3.64. The second-order valence-corrected chi connectivity index (χ2v) is 8.11. The van der Waals surface area contributed by atoms with E-state index in [-0.39, 0.29) is 0 Å². The summed E-state index contributed by atoms with van der Waals surface area (Å²) in [6.45, 7) is 0. The number of aryl methyl sites for hydroxylation is 1. The number of aromatic nitrogens is 6. The average molecular weight is 473 g/mol. The highest BCUT2D eigenvalue weighted by molar-refractivity contribution is 6.32. The largest absolute Gasteiger partial charge is 0.278 e. The van der Waals surface area contributed by atoms with Crippen molar-refractivity contribution in [1.29, 1.82) is 0 Å². The first-order valence-corrected chi connectivity index (χ1v) is 10.9. The Kier molecular flexibility index (Phi) is 5.77. The van der Waals surface area contributed by atoms with E-state index in [0.717, 1.165) is 44.1 Å². The molecule has 0 aliphatic rings. The number of fused-ring (bicyclic) bond motifs is 2. The number of benzene rings is 2. The molecule has 1 N–H and O–H groups in total. The van der Waals surface area contributed by atoms with Crippen LogP contribution in [0.5, 0.6) is 0 Å². The van der Waals surface area contributed by atoms with Crippen LogP contribution in [0.3, 0.4) is 0 Å². The van der Waals surface area contributed by atoms with Crippen LogP contribution in [0.1, 0.15) is 0 Å². The molecule has 2 aromatic carbocycles. The third-order valence-corrected chi connectivity index (χ3v) is 5.93. The number of hydrogen-bond donors (Lipinski definition) is 1. The fraction of sp³-hybridized carbons (Fsp3) is 0.0400. The second-order valence-electron chi connectivity index (χ2n) is 7.40. The smallest absolute Gasteiger partial charge is 0.136 e. The van der Waals surface area contributed by atoms with Gasteiger partial charge in [-0.2, -0.15) is 10.2 Å². The summed E-state index contributed by atoms with van der Waals surface area (Å²) in [5.41, 5.74) is 6.11. The van der Waals surface area contributed by atoms with Crippen molar-refractivity contribution in [1.82, 2.24) is 29.9 Å². The molecule has 0 saturated heterocycles. The molecule has 0 unspecified atom stereocenters. The van der Waals surface area contributed by atoms with E-state index >= 15 is 0 Å². The number of pyridine rings is 2. The molecule has 0 amide bonds. The van der Waals surface area contributed by atoms with Gasteiger partial charge in [-0.05, 0) is 59.7 Å². The van der Waals surface area contributed by atoms with Crippen molar-refractivity contribution in [3.63, 3.8) is 0 Å². The van der Waals surface area contributed by atoms with E-state index < -0.39 is 0 Å². The Labute approximate surface area is 199 Å². The van der Waals surface area contributed by atoms with Gasteiger partial charge < -0.3 is 0 Å². The summed E-state index contributed by atoms with van der Waals surface area (Å²) >= 11 is 12.1. The van der Waals surface area contributed by atoms with Gasteiger partial charge in [-0.15, -0.1) is 0 Å². The zero-order valence-corrected chi connectivity index (χ0v) is 19.1. The first kappa shape index (κ1) is 21.1. The molecule has 33 heavy (non-hydrogen) atoms. The van der Waals surface area contributed by atoms with Gasteiger partial charge in [-0.1, -0.05) is 35.3 Å². The Morgan fingerprint density at radius 1 is 0.758 bits per heavy atom. The quantitative estimate of drug-likeness (QED) is 0.289. The van der Waals surface area contributed by atoms with E-state index in [1.54, 1.807) is 18.6 Å². The van der Waals surface area contributed by atoms with Crippen LogP contribution < -0.4 is 0 Å². The molecule has 0 spiro atoms. The molecule has 0 aliphatic carbocycles. The molecule has 4 heterocycles. The molecule has 0 saturated carbocycles. The van der Waals surface area contributed by atoms with E-state index in [2.05, 4.69) is 31.3 Å². The lowest BCUT2D eigenvalue weighted by atomic mass is 10.1. The Morgan fingerprint density at radius 2 is 1.39 bits per heavy atom. The zero-order valence-electron chi connectivity index (χ0n) is 17.6. The summed E-state index contributed by atoms with van der Waals surface area (Å²) in [7, 11) is 1.93. The van der Waals surface area contributed by atoms with E-state index in [4.69, 9.17) is 23.2 Å². The van der Waals surface area contributed by atoms with Crippen LogP contribution in [0.4, 0.5) is 0 Å². The van der Waals surface area contributed by atoms with Crippen molar-refractivity contribution < 1.29 is 0 Å². The van der Waals surface area contributed by atoms with Crippen LogP contribution in [0.25, 0.3) is 44.1 Å². The van der Waals surface area contributed by atoms with Crippen molar-refractivity contribution >= 4 is 45.0 Å². The molecule has 0 radical (unpaired) electrons. The summed E-state index contributed by atoms with van der Waals surface area (Å²) in [6.07, 6.45) is 7.02. The highest BCUT2D eigenvalue weighted by Gasteiger charge is 2.07. The van der Waals surface area contributed by atoms with Crippen molar-refractivity contribution in [3.8, 4) is 22.3 Å². The topological polar surface area (TPSA) is 72.3 Å². The molecular weight excluding hydrogens is 455 g/mol. The molecule has 162 valence electrons. The highest BCUT2D eigenvalue weighted by atomic mass is 35.5. The maximum Gasteiger partial charge on any atom is 0.136 e. The van der Waals surface area contributed by atoms with Crippen LogP contribution in [0.2, 0.25) is 10.3 Å².